The predicted molar refractivity (Wildman–Crippen MR) is 516 cm³/mol. The van der Waals surface area contributed by atoms with Gasteiger partial charge in [-0.2, -0.15) is 0 Å². The van der Waals surface area contributed by atoms with Crippen molar-refractivity contribution < 1.29 is 0 Å². The summed E-state index contributed by atoms with van der Waals surface area (Å²) in [6.07, 6.45) is 0. The van der Waals surface area contributed by atoms with Gasteiger partial charge in [0.1, 0.15) is 0 Å². The number of hydrogen-bond acceptors (Lipinski definition) is 6. The number of para-hydroxylation sites is 12. The lowest BCUT2D eigenvalue weighted by Gasteiger charge is -2.43. The third kappa shape index (κ3) is 12.7. The summed E-state index contributed by atoms with van der Waals surface area (Å²) in [7, 11) is 8.51. The maximum absolute atomic E-state index is 2.42. The maximum Gasteiger partial charge on any atom is 0.183 e. The van der Waals surface area contributed by atoms with Gasteiger partial charge in [0.25, 0.3) is 0 Å². The van der Waals surface area contributed by atoms with Gasteiger partial charge in [0.05, 0.1) is 39.1 Å². The van der Waals surface area contributed by atoms with E-state index in [1.54, 1.807) is 0 Å². The van der Waals surface area contributed by atoms with Crippen molar-refractivity contribution in [3.63, 3.8) is 0 Å². The lowest BCUT2D eigenvalue weighted by Crippen LogP contribution is -2.77. The Bertz CT molecular complexity index is 6690. The van der Waals surface area contributed by atoms with E-state index in [-0.39, 0.29) is 10.8 Å². The zero-order valence-electron chi connectivity index (χ0n) is 70.1. The molecule has 588 valence electrons. The van der Waals surface area contributed by atoms with E-state index in [9.17, 15) is 0 Å². The van der Waals surface area contributed by atoms with E-state index < -0.39 is 8.07 Å². The van der Waals surface area contributed by atoms with E-state index in [0.717, 1.165) is 0 Å². The zero-order valence-corrected chi connectivity index (χ0v) is 72.0. The van der Waals surface area contributed by atoms with Gasteiger partial charge in [0.2, 0.25) is 0 Å². The van der Waals surface area contributed by atoms with Crippen LogP contribution in [0.2, 0.25) is 0 Å². The Kier molecular flexibility index (Phi) is 19.9. The lowest BCUT2D eigenvalue weighted by molar-refractivity contribution is 0.559. The molecule has 0 amide bonds. The van der Waals surface area contributed by atoms with Crippen LogP contribution in [0.25, 0.3) is 55.0 Å². The Hall–Kier alpha value is -13.3. The molecule has 9 heteroatoms. The lowest BCUT2D eigenvalue weighted by atomic mass is 9.73. The molecular formula is C111H99N7SSi. The van der Waals surface area contributed by atoms with E-state index >= 15 is 0 Å². The van der Waals surface area contributed by atoms with Gasteiger partial charge >= 0.3 is 0 Å². The smallest absolute Gasteiger partial charge is 0.183 e. The molecule has 16 aromatic carbocycles. The first kappa shape index (κ1) is 76.6. The quantitative estimate of drug-likeness (QED) is 0.159. The molecule has 7 nitrogen and oxygen atoms in total. The largest absolute Gasteiger partial charge is 0.345 e. The number of hydrogen-bond donors (Lipinski definition) is 0. The van der Waals surface area contributed by atoms with Crippen molar-refractivity contribution in [2.24, 2.45) is 5.92 Å². The topological polar surface area (TPSA) is 26.1 Å². The van der Waals surface area contributed by atoms with Gasteiger partial charge in [-0.1, -0.05) is 326 Å². The summed E-state index contributed by atoms with van der Waals surface area (Å²) in [5.41, 5.74) is 28.8. The number of benzene rings is 16. The minimum absolute atomic E-state index is 0.0530. The maximum atomic E-state index is 2.42. The van der Waals surface area contributed by atoms with Crippen LogP contribution in [-0.4, -0.2) is 52.4 Å². The third-order valence-electron chi connectivity index (χ3n) is 25.9. The van der Waals surface area contributed by atoms with Gasteiger partial charge in [-0.05, 0) is 175 Å². The van der Waals surface area contributed by atoms with Crippen LogP contribution in [0.1, 0.15) is 80.8 Å². The molecule has 0 N–H and O–H groups in total. The van der Waals surface area contributed by atoms with Crippen LogP contribution in [0, 0.1) is 5.92 Å². The van der Waals surface area contributed by atoms with Crippen molar-refractivity contribution in [2.75, 3.05) is 59.7 Å². The molecule has 0 aliphatic carbocycles. The first-order chi connectivity index (χ1) is 58.5. The Morgan fingerprint density at radius 2 is 0.642 bits per heavy atom. The molecule has 0 fully saturated rings. The van der Waals surface area contributed by atoms with Crippen LogP contribution in [0.5, 0.6) is 0 Å². The fourth-order valence-electron chi connectivity index (χ4n) is 20.1. The monoisotopic (exact) mass is 1590 g/mol. The summed E-state index contributed by atoms with van der Waals surface area (Å²) < 4.78 is 4.80. The molecule has 23 rings (SSSR count). The number of nitrogens with zero attached hydrogens (tertiary/aromatic N) is 7. The van der Waals surface area contributed by atoms with Crippen LogP contribution in [-0.2, 0) is 10.8 Å². The molecule has 0 radical (unpaired) electrons. The van der Waals surface area contributed by atoms with Crippen molar-refractivity contribution in [1.82, 2.24) is 9.13 Å². The number of fused-ring (bicyclic) bond motifs is 17. The number of aromatic nitrogens is 2. The number of anilines is 10. The normalized spacial score (nSPS) is 14.4. The molecule has 5 aliphatic heterocycles. The molecular weight excluding hydrogens is 1490 g/mol. The fraction of sp³-hybridized carbons (Fsp3) is 0.135. The van der Waals surface area contributed by atoms with Crippen LogP contribution < -0.4 is 45.2 Å². The molecule has 0 unspecified atom stereocenters. The molecule has 120 heavy (non-hydrogen) atoms. The molecule has 0 atom stereocenters. The molecule has 18 aromatic rings. The average molecular weight is 1590 g/mol. The van der Waals surface area contributed by atoms with E-state index in [1.165, 1.54) is 176 Å². The molecule has 0 saturated carbocycles. The second-order valence-electron chi connectivity index (χ2n) is 33.6. The van der Waals surface area contributed by atoms with E-state index in [2.05, 4.69) is 499 Å². The summed E-state index contributed by atoms with van der Waals surface area (Å²) in [6, 6.07) is 141. The average Bonchev–Trinajstić information content (AvgIpc) is 1.21. The minimum Gasteiger partial charge on any atom is -0.345 e. The summed E-state index contributed by atoms with van der Waals surface area (Å²) in [4.78, 5) is 14.3. The third-order valence-corrected chi connectivity index (χ3v) is 31.9. The van der Waals surface area contributed by atoms with Gasteiger partial charge in [0.15, 0.2) is 8.07 Å². The van der Waals surface area contributed by atoms with E-state index in [0.29, 0.717) is 11.8 Å². The molecule has 0 saturated heterocycles. The summed E-state index contributed by atoms with van der Waals surface area (Å²) >= 11 is 1.84. The first-order valence-electron chi connectivity index (χ1n) is 42.0. The minimum atomic E-state index is -2.36. The highest BCUT2D eigenvalue weighted by Gasteiger charge is 2.48. The van der Waals surface area contributed by atoms with E-state index in [4.69, 9.17) is 0 Å². The molecule has 5 aliphatic rings. The summed E-state index contributed by atoms with van der Waals surface area (Å²) in [6.45, 7) is 14.0. The van der Waals surface area contributed by atoms with Gasteiger partial charge in [-0.15, -0.1) is 0 Å². The van der Waals surface area contributed by atoms with Gasteiger partial charge in [-0.3, -0.25) is 0 Å². The highest BCUT2D eigenvalue weighted by atomic mass is 32.2. The van der Waals surface area contributed by atoms with Crippen molar-refractivity contribution in [2.45, 2.75) is 68.1 Å². The van der Waals surface area contributed by atoms with Crippen molar-refractivity contribution in [3.05, 3.63) is 422 Å². The summed E-state index contributed by atoms with van der Waals surface area (Å²) in [5.74, 6) is 1.12. The Labute approximate surface area is 712 Å². The van der Waals surface area contributed by atoms with Crippen LogP contribution in [0.3, 0.4) is 0 Å². The van der Waals surface area contributed by atoms with Gasteiger partial charge in [-0.25, -0.2) is 0 Å². The second kappa shape index (κ2) is 31.2. The first-order valence-corrected chi connectivity index (χ1v) is 44.8. The highest BCUT2D eigenvalue weighted by molar-refractivity contribution is 7.99. The second-order valence-corrected chi connectivity index (χ2v) is 38.4. The van der Waals surface area contributed by atoms with Crippen molar-refractivity contribution in [1.29, 1.82) is 0 Å². The van der Waals surface area contributed by atoms with Gasteiger partial charge < -0.3 is 33.6 Å². The van der Waals surface area contributed by atoms with E-state index in [1.807, 2.05) is 11.8 Å². The molecule has 2 aromatic heterocycles. The Morgan fingerprint density at radius 3 is 1.16 bits per heavy atom. The standard InChI is InChI=1S/2C28H24N2.C25H21NSi.C17H19N.C13H11NS/c1-28(2)22-14-8-10-16-25(22)29(3)27-17-21-20-13-7-9-15-24(20)30(26(21)18-23(27)28)19-11-5-4-6-12-19;1-28(2)21-14-8-10-16-24(21)29(3)27-22(28)17-18-25-26(27)20-13-7-9-15-23(20)30(25)19-11-5-4-6-12-19;1-26-22-16-8-10-18-24(22)27(20-12-4-2-5-13-20,21-14-6-3-7-15-21)25-19-11-9-17-23(25)26;1-12(2)17-13-8-4-6-10-15(13)18(3)16-11-7-5-9-14(16)17;1-14-10-6-2-4-8-12(10)15-13-9-5-3-7-11(13)14/h2*4-18H,1-3H3;2-19H,1H3;4-12,17H,1-3H3;2-9H,1H3. The van der Waals surface area contributed by atoms with Crippen LogP contribution in [0.15, 0.2) is 398 Å². The molecule has 7 heterocycles. The fourth-order valence-corrected chi connectivity index (χ4v) is 26.5. The highest BCUT2D eigenvalue weighted by Crippen LogP contribution is 2.55. The zero-order chi connectivity index (χ0) is 82.1. The number of rotatable bonds is 5. The van der Waals surface area contributed by atoms with Gasteiger partial charge in [0, 0.05) is 135 Å². The van der Waals surface area contributed by atoms with Crippen molar-refractivity contribution in [3.8, 4) is 11.4 Å². The molecule has 0 bridgehead atoms. The van der Waals surface area contributed by atoms with Crippen LogP contribution in [0.4, 0.5) is 56.9 Å². The van der Waals surface area contributed by atoms with Crippen molar-refractivity contribution >= 4 is 141 Å². The SMILES string of the molecule is CC(C)C1c2ccccc2N(C)c2ccccc21.CN1c2ccccc2C(C)(C)c2cc3c(cc21)c1ccccc1n3-c1ccccc1.CN1c2ccccc2C(C)(C)c2ccc3c(c21)c1ccccc1n3-c1ccccc1.CN1c2ccccc2Sc2ccccc21.CN1c2ccccc2[Si](c2ccccc2)(c2ccccc2)c2ccccc21. The van der Waals surface area contributed by atoms with Crippen LogP contribution >= 0.6 is 11.8 Å². The summed E-state index contributed by atoms with van der Waals surface area (Å²) in [5, 5.41) is 11.0. The molecule has 0 spiro atoms. The Morgan fingerprint density at radius 1 is 0.275 bits per heavy atom. The Balaban J connectivity index is 0.000000101. The predicted octanol–water partition coefficient (Wildman–Crippen LogP) is 26.0.